The first-order valence-corrected chi connectivity index (χ1v) is 4.89. The van der Waals surface area contributed by atoms with Gasteiger partial charge in [0.15, 0.2) is 5.78 Å². The largest absolute Gasteiger partial charge is 0.335 e. The second kappa shape index (κ2) is 4.40. The number of carbonyl (C=O) groups excluding carboxylic acids is 2. The van der Waals surface area contributed by atoms with Gasteiger partial charge in [-0.15, -0.1) is 0 Å². The Balaban J connectivity index is 2.38. The molecule has 3 nitrogen and oxygen atoms in total. The van der Waals surface area contributed by atoms with Crippen molar-refractivity contribution in [1.82, 2.24) is 4.90 Å². The van der Waals surface area contributed by atoms with Gasteiger partial charge in [-0.1, -0.05) is 13.8 Å². The third kappa shape index (κ3) is 3.17. The maximum atomic E-state index is 11.3. The van der Waals surface area contributed by atoms with Gasteiger partial charge in [-0.25, -0.2) is 0 Å². The van der Waals surface area contributed by atoms with Crippen molar-refractivity contribution in [3.05, 3.63) is 0 Å². The first-order valence-electron chi connectivity index (χ1n) is 4.89. The lowest BCUT2D eigenvalue weighted by molar-refractivity contribution is -0.140. The molecule has 1 amide bonds. The van der Waals surface area contributed by atoms with E-state index in [2.05, 4.69) is 13.8 Å². The summed E-state index contributed by atoms with van der Waals surface area (Å²) in [6.07, 6.45) is 1.84. The summed E-state index contributed by atoms with van der Waals surface area (Å²) in [6.45, 7) is 5.32. The van der Waals surface area contributed by atoms with E-state index in [1.54, 1.807) is 4.90 Å². The predicted octanol–water partition coefficient (Wildman–Crippen LogP) is 1.22. The van der Waals surface area contributed by atoms with E-state index in [-0.39, 0.29) is 11.7 Å². The number of rotatable bonds is 3. The number of piperidine rings is 1. The molecule has 1 heterocycles. The van der Waals surface area contributed by atoms with Crippen molar-refractivity contribution in [2.75, 3.05) is 13.1 Å². The quantitative estimate of drug-likeness (QED) is 0.659. The van der Waals surface area contributed by atoms with Crippen LogP contribution in [-0.2, 0) is 9.59 Å². The van der Waals surface area contributed by atoms with Gasteiger partial charge in [0.1, 0.15) is 0 Å². The van der Waals surface area contributed by atoms with Crippen LogP contribution in [0.2, 0.25) is 0 Å². The zero-order chi connectivity index (χ0) is 9.84. The second-order valence-electron chi connectivity index (χ2n) is 4.04. The fourth-order valence-corrected chi connectivity index (χ4v) is 1.40. The highest BCUT2D eigenvalue weighted by Crippen LogP contribution is 2.10. The highest BCUT2D eigenvalue weighted by molar-refractivity contribution is 5.92. The Bertz CT molecular complexity index is 211. The van der Waals surface area contributed by atoms with Gasteiger partial charge in [-0.3, -0.25) is 9.59 Å². The summed E-state index contributed by atoms with van der Waals surface area (Å²) in [5, 5.41) is 0. The second-order valence-corrected chi connectivity index (χ2v) is 4.04. The van der Waals surface area contributed by atoms with Crippen LogP contribution in [-0.4, -0.2) is 29.7 Å². The Morgan fingerprint density at radius 2 is 2.00 bits per heavy atom. The standard InChI is InChI=1S/C10H17NO2/c1-8(2)5-6-11-7-9(12)3-4-10(11)13/h8H,3-7H2,1-2H3. The van der Waals surface area contributed by atoms with Crippen LogP contribution in [0.3, 0.4) is 0 Å². The summed E-state index contributed by atoms with van der Waals surface area (Å²) < 4.78 is 0. The lowest BCUT2D eigenvalue weighted by atomic mass is 10.1. The van der Waals surface area contributed by atoms with Crippen molar-refractivity contribution in [3.63, 3.8) is 0 Å². The molecule has 0 atom stereocenters. The Morgan fingerprint density at radius 3 is 2.62 bits per heavy atom. The minimum Gasteiger partial charge on any atom is -0.335 e. The van der Waals surface area contributed by atoms with Gasteiger partial charge in [0.25, 0.3) is 0 Å². The number of hydrogen-bond acceptors (Lipinski definition) is 2. The van der Waals surface area contributed by atoms with Crippen LogP contribution in [0, 0.1) is 5.92 Å². The van der Waals surface area contributed by atoms with E-state index < -0.39 is 0 Å². The van der Waals surface area contributed by atoms with Crippen molar-refractivity contribution in [1.29, 1.82) is 0 Å². The van der Waals surface area contributed by atoms with E-state index in [1.807, 2.05) is 0 Å². The summed E-state index contributed by atoms with van der Waals surface area (Å²) >= 11 is 0. The van der Waals surface area contributed by atoms with Crippen molar-refractivity contribution >= 4 is 11.7 Å². The fourth-order valence-electron chi connectivity index (χ4n) is 1.40. The molecule has 0 bridgehead atoms. The minimum atomic E-state index is 0.139. The van der Waals surface area contributed by atoms with Crippen LogP contribution in [0.1, 0.15) is 33.1 Å². The van der Waals surface area contributed by atoms with Crippen LogP contribution >= 0.6 is 0 Å². The topological polar surface area (TPSA) is 37.4 Å². The normalized spacial score (nSPS) is 18.5. The summed E-state index contributed by atoms with van der Waals surface area (Å²) in [7, 11) is 0. The van der Waals surface area contributed by atoms with Crippen LogP contribution in [0.4, 0.5) is 0 Å². The van der Waals surface area contributed by atoms with E-state index in [1.165, 1.54) is 0 Å². The predicted molar refractivity (Wildman–Crippen MR) is 50.3 cm³/mol. The zero-order valence-corrected chi connectivity index (χ0v) is 8.38. The van der Waals surface area contributed by atoms with Crippen LogP contribution in [0.5, 0.6) is 0 Å². The monoisotopic (exact) mass is 183 g/mol. The van der Waals surface area contributed by atoms with Gasteiger partial charge in [0, 0.05) is 19.4 Å². The average molecular weight is 183 g/mol. The van der Waals surface area contributed by atoms with E-state index in [0.717, 1.165) is 13.0 Å². The molecule has 1 fully saturated rings. The fraction of sp³-hybridized carbons (Fsp3) is 0.800. The van der Waals surface area contributed by atoms with Crippen molar-refractivity contribution in [3.8, 4) is 0 Å². The molecule has 1 rings (SSSR count). The molecule has 0 aromatic heterocycles. The Labute approximate surface area is 79.1 Å². The number of nitrogens with zero attached hydrogens (tertiary/aromatic N) is 1. The SMILES string of the molecule is CC(C)CCN1CC(=O)CCC1=O. The van der Waals surface area contributed by atoms with E-state index in [9.17, 15) is 9.59 Å². The molecule has 3 heteroatoms. The zero-order valence-electron chi connectivity index (χ0n) is 8.38. The molecule has 1 aliphatic rings. The number of amides is 1. The molecule has 0 aromatic carbocycles. The summed E-state index contributed by atoms with van der Waals surface area (Å²) in [5.41, 5.74) is 0. The van der Waals surface area contributed by atoms with E-state index in [4.69, 9.17) is 0 Å². The molecular weight excluding hydrogens is 166 g/mol. The highest BCUT2D eigenvalue weighted by Gasteiger charge is 2.22. The molecule has 0 radical (unpaired) electrons. The lowest BCUT2D eigenvalue weighted by Gasteiger charge is -2.26. The first kappa shape index (κ1) is 10.2. The molecule has 0 saturated carbocycles. The molecule has 0 aliphatic carbocycles. The van der Waals surface area contributed by atoms with Crippen LogP contribution < -0.4 is 0 Å². The molecule has 1 saturated heterocycles. The number of carbonyl (C=O) groups is 2. The van der Waals surface area contributed by atoms with Gasteiger partial charge in [-0.05, 0) is 12.3 Å². The Hall–Kier alpha value is -0.860. The molecule has 0 unspecified atom stereocenters. The number of hydrogen-bond donors (Lipinski definition) is 0. The first-order chi connectivity index (χ1) is 6.09. The molecule has 74 valence electrons. The van der Waals surface area contributed by atoms with E-state index >= 15 is 0 Å². The lowest BCUT2D eigenvalue weighted by Crippen LogP contribution is -2.41. The molecule has 0 spiro atoms. The molecule has 1 aliphatic heterocycles. The Kier molecular flexibility index (Phi) is 3.46. The molecule has 13 heavy (non-hydrogen) atoms. The number of Topliss-reactive ketones (excluding diaryl/α,β-unsaturated/α-hetero) is 1. The molecule has 0 aromatic rings. The third-order valence-electron chi connectivity index (χ3n) is 2.31. The van der Waals surface area contributed by atoms with Gasteiger partial charge >= 0.3 is 0 Å². The van der Waals surface area contributed by atoms with E-state index in [0.29, 0.717) is 25.3 Å². The molecule has 0 N–H and O–H groups in total. The van der Waals surface area contributed by atoms with Crippen LogP contribution in [0.25, 0.3) is 0 Å². The van der Waals surface area contributed by atoms with Gasteiger partial charge in [0.05, 0.1) is 6.54 Å². The van der Waals surface area contributed by atoms with Gasteiger partial charge in [-0.2, -0.15) is 0 Å². The Morgan fingerprint density at radius 1 is 1.31 bits per heavy atom. The highest BCUT2D eigenvalue weighted by atomic mass is 16.2. The van der Waals surface area contributed by atoms with Crippen molar-refractivity contribution in [2.24, 2.45) is 5.92 Å². The average Bonchev–Trinajstić information content (AvgIpc) is 2.06. The molecular formula is C10H17NO2. The van der Waals surface area contributed by atoms with Crippen LogP contribution in [0.15, 0.2) is 0 Å². The smallest absolute Gasteiger partial charge is 0.223 e. The van der Waals surface area contributed by atoms with Crippen molar-refractivity contribution < 1.29 is 9.59 Å². The number of ketones is 1. The maximum Gasteiger partial charge on any atom is 0.223 e. The summed E-state index contributed by atoms with van der Waals surface area (Å²) in [6, 6.07) is 0. The summed E-state index contributed by atoms with van der Waals surface area (Å²) in [5.74, 6) is 0.924. The van der Waals surface area contributed by atoms with Gasteiger partial charge in [0.2, 0.25) is 5.91 Å². The van der Waals surface area contributed by atoms with Gasteiger partial charge < -0.3 is 4.90 Å². The number of likely N-dealkylation sites (tertiary alicyclic amines) is 1. The maximum absolute atomic E-state index is 11.3. The van der Waals surface area contributed by atoms with Crippen molar-refractivity contribution in [2.45, 2.75) is 33.1 Å². The minimum absolute atomic E-state index is 0.139. The third-order valence-corrected chi connectivity index (χ3v) is 2.31. The summed E-state index contributed by atoms with van der Waals surface area (Å²) in [4.78, 5) is 24.1.